The lowest BCUT2D eigenvalue weighted by molar-refractivity contribution is 0.0686. The number of aromatic carboxylic acids is 2. The van der Waals surface area contributed by atoms with E-state index in [4.69, 9.17) is 10.2 Å². The third-order valence-corrected chi connectivity index (χ3v) is 5.18. The molecular formula is C21H15Br2IO4. The van der Waals surface area contributed by atoms with Crippen LogP contribution in [0.3, 0.4) is 0 Å². The molecule has 28 heavy (non-hydrogen) atoms. The van der Waals surface area contributed by atoms with Crippen LogP contribution in [0.15, 0.2) is 69.6 Å². The quantitative estimate of drug-likeness (QED) is 0.315. The Morgan fingerprint density at radius 2 is 1.25 bits per heavy atom. The standard InChI is InChI=1S/C14H11BrO2.C7H4BrIO2/c1-9-2-4-10(5-3-9)11-6-12(14(16)17)8-13(15)7-11;8-5-1-4(7(10)11)2-6(9)3-5/h2-8H,1H3,(H,16,17);1-3H,(H,10,11). The van der Waals surface area contributed by atoms with Crippen LogP contribution in [0, 0.1) is 10.5 Å². The summed E-state index contributed by atoms with van der Waals surface area (Å²) in [6.07, 6.45) is 0. The van der Waals surface area contributed by atoms with Gasteiger partial charge in [-0.25, -0.2) is 9.59 Å². The molecule has 0 atom stereocenters. The molecule has 0 heterocycles. The average molecular weight is 618 g/mol. The van der Waals surface area contributed by atoms with Crippen LogP contribution in [0.5, 0.6) is 0 Å². The van der Waals surface area contributed by atoms with Crippen molar-refractivity contribution in [3.8, 4) is 11.1 Å². The van der Waals surface area contributed by atoms with Crippen molar-refractivity contribution in [3.63, 3.8) is 0 Å². The molecule has 0 aliphatic carbocycles. The number of rotatable bonds is 3. The summed E-state index contributed by atoms with van der Waals surface area (Å²) in [4.78, 5) is 21.5. The van der Waals surface area contributed by atoms with E-state index in [-0.39, 0.29) is 5.56 Å². The SMILES string of the molecule is Cc1ccc(-c2cc(Br)cc(C(=O)O)c2)cc1.O=C(O)c1cc(Br)cc(I)c1. The number of aryl methyl sites for hydroxylation is 1. The minimum Gasteiger partial charge on any atom is -0.478 e. The molecule has 2 N–H and O–H groups in total. The second-order valence-electron chi connectivity index (χ2n) is 5.86. The minimum absolute atomic E-state index is 0.287. The van der Waals surface area contributed by atoms with E-state index < -0.39 is 11.9 Å². The normalized spacial score (nSPS) is 10.0. The summed E-state index contributed by atoms with van der Waals surface area (Å²) in [5.41, 5.74) is 3.69. The van der Waals surface area contributed by atoms with Crippen molar-refractivity contribution in [1.29, 1.82) is 0 Å². The van der Waals surface area contributed by atoms with E-state index in [0.717, 1.165) is 23.6 Å². The molecule has 0 saturated carbocycles. The summed E-state index contributed by atoms with van der Waals surface area (Å²) in [5.74, 6) is -1.82. The van der Waals surface area contributed by atoms with Crippen molar-refractivity contribution in [1.82, 2.24) is 0 Å². The maximum Gasteiger partial charge on any atom is 0.335 e. The predicted octanol–water partition coefficient (Wildman–Crippen LogP) is 6.87. The predicted molar refractivity (Wildman–Crippen MR) is 125 cm³/mol. The first kappa shape index (κ1) is 22.6. The van der Waals surface area contributed by atoms with E-state index >= 15 is 0 Å². The smallest absolute Gasteiger partial charge is 0.335 e. The van der Waals surface area contributed by atoms with E-state index in [1.54, 1.807) is 24.3 Å². The van der Waals surface area contributed by atoms with Gasteiger partial charge in [0.15, 0.2) is 0 Å². The van der Waals surface area contributed by atoms with Gasteiger partial charge in [0.2, 0.25) is 0 Å². The molecule has 0 fully saturated rings. The number of carboxylic acids is 2. The minimum atomic E-state index is -0.917. The molecule has 7 heteroatoms. The summed E-state index contributed by atoms with van der Waals surface area (Å²) in [7, 11) is 0. The van der Waals surface area contributed by atoms with Gasteiger partial charge in [0.25, 0.3) is 0 Å². The van der Waals surface area contributed by atoms with Crippen LogP contribution < -0.4 is 0 Å². The van der Waals surface area contributed by atoms with Gasteiger partial charge in [-0.2, -0.15) is 0 Å². The fourth-order valence-electron chi connectivity index (χ4n) is 2.30. The van der Waals surface area contributed by atoms with Crippen LogP contribution in [-0.4, -0.2) is 22.2 Å². The zero-order valence-electron chi connectivity index (χ0n) is 14.6. The highest BCUT2D eigenvalue weighted by Gasteiger charge is 2.07. The number of hydrogen-bond donors (Lipinski definition) is 2. The van der Waals surface area contributed by atoms with E-state index in [9.17, 15) is 9.59 Å². The molecule has 3 aromatic carbocycles. The van der Waals surface area contributed by atoms with Gasteiger partial charge in [-0.3, -0.25) is 0 Å². The molecule has 0 spiro atoms. The molecule has 144 valence electrons. The van der Waals surface area contributed by atoms with Crippen molar-refractivity contribution < 1.29 is 19.8 Å². The van der Waals surface area contributed by atoms with Crippen molar-refractivity contribution in [2.75, 3.05) is 0 Å². The molecule has 0 aromatic heterocycles. The number of carbonyl (C=O) groups is 2. The van der Waals surface area contributed by atoms with Crippen molar-refractivity contribution in [3.05, 3.63) is 89.9 Å². The van der Waals surface area contributed by atoms with Gasteiger partial charge in [-0.15, -0.1) is 0 Å². The summed E-state index contributed by atoms with van der Waals surface area (Å²) in [5, 5.41) is 17.6. The number of hydrogen-bond acceptors (Lipinski definition) is 2. The fraction of sp³-hybridized carbons (Fsp3) is 0.0476. The Hall–Kier alpha value is -1.71. The third-order valence-electron chi connectivity index (χ3n) is 3.64. The Kier molecular flexibility index (Phi) is 8.21. The molecule has 0 unspecified atom stereocenters. The van der Waals surface area contributed by atoms with E-state index in [0.29, 0.717) is 5.56 Å². The van der Waals surface area contributed by atoms with Gasteiger partial charge in [-0.1, -0.05) is 61.7 Å². The summed E-state index contributed by atoms with van der Waals surface area (Å²) in [6, 6.07) is 18.2. The lowest BCUT2D eigenvalue weighted by Crippen LogP contribution is -1.96. The van der Waals surface area contributed by atoms with Crippen molar-refractivity contribution in [2.24, 2.45) is 0 Å². The Balaban J connectivity index is 0.000000221. The first-order valence-corrected chi connectivity index (χ1v) is 10.6. The average Bonchev–Trinajstić information content (AvgIpc) is 2.61. The summed E-state index contributed by atoms with van der Waals surface area (Å²) >= 11 is 8.61. The van der Waals surface area contributed by atoms with Crippen LogP contribution >= 0.6 is 54.5 Å². The third kappa shape index (κ3) is 6.72. The topological polar surface area (TPSA) is 74.6 Å². The molecule has 3 aromatic rings. The van der Waals surface area contributed by atoms with Gasteiger partial charge < -0.3 is 10.2 Å². The molecule has 0 radical (unpaired) electrons. The zero-order valence-corrected chi connectivity index (χ0v) is 19.9. The molecule has 0 aliphatic heterocycles. The fourth-order valence-corrected chi connectivity index (χ4v) is 4.39. The monoisotopic (exact) mass is 616 g/mol. The lowest BCUT2D eigenvalue weighted by Gasteiger charge is -2.05. The molecule has 4 nitrogen and oxygen atoms in total. The van der Waals surface area contributed by atoms with Crippen LogP contribution in [-0.2, 0) is 0 Å². The molecular weight excluding hydrogens is 603 g/mol. The van der Waals surface area contributed by atoms with Crippen LogP contribution in [0.1, 0.15) is 26.3 Å². The van der Waals surface area contributed by atoms with Gasteiger partial charge in [0, 0.05) is 12.5 Å². The van der Waals surface area contributed by atoms with E-state index in [1.807, 2.05) is 43.3 Å². The number of carboxylic acid groups (broad SMARTS) is 2. The Morgan fingerprint density at radius 3 is 1.75 bits per heavy atom. The number of benzene rings is 3. The largest absolute Gasteiger partial charge is 0.478 e. The second kappa shape index (κ2) is 10.2. The summed E-state index contributed by atoms with van der Waals surface area (Å²) < 4.78 is 2.48. The molecule has 3 rings (SSSR count). The van der Waals surface area contributed by atoms with Crippen LogP contribution in [0.2, 0.25) is 0 Å². The highest BCUT2D eigenvalue weighted by molar-refractivity contribution is 14.1. The molecule has 0 amide bonds. The van der Waals surface area contributed by atoms with Crippen LogP contribution in [0.25, 0.3) is 11.1 Å². The van der Waals surface area contributed by atoms with Crippen molar-refractivity contribution >= 4 is 66.4 Å². The first-order valence-electron chi connectivity index (χ1n) is 7.96. The zero-order chi connectivity index (χ0) is 20.8. The van der Waals surface area contributed by atoms with Gasteiger partial charge in [0.1, 0.15) is 0 Å². The first-order chi connectivity index (χ1) is 13.2. The lowest BCUT2D eigenvalue weighted by atomic mass is 10.0. The van der Waals surface area contributed by atoms with Gasteiger partial charge >= 0.3 is 11.9 Å². The van der Waals surface area contributed by atoms with Crippen LogP contribution in [0.4, 0.5) is 0 Å². The maximum absolute atomic E-state index is 11.0. The maximum atomic E-state index is 11.0. The second-order valence-corrected chi connectivity index (χ2v) is 8.94. The van der Waals surface area contributed by atoms with Gasteiger partial charge in [-0.05, 0) is 77.0 Å². The van der Waals surface area contributed by atoms with Crippen molar-refractivity contribution in [2.45, 2.75) is 6.92 Å². The van der Waals surface area contributed by atoms with E-state index in [2.05, 4.69) is 54.5 Å². The Labute approximate surface area is 193 Å². The Bertz CT molecular complexity index is 997. The molecule has 0 aliphatic rings. The Morgan fingerprint density at radius 1 is 0.750 bits per heavy atom. The van der Waals surface area contributed by atoms with E-state index in [1.165, 1.54) is 5.56 Å². The highest BCUT2D eigenvalue weighted by atomic mass is 127. The highest BCUT2D eigenvalue weighted by Crippen LogP contribution is 2.25. The number of halogens is 3. The molecule has 0 saturated heterocycles. The molecule has 0 bridgehead atoms. The van der Waals surface area contributed by atoms with Gasteiger partial charge in [0.05, 0.1) is 11.1 Å². The summed E-state index contributed by atoms with van der Waals surface area (Å²) in [6.45, 7) is 2.02.